The van der Waals surface area contributed by atoms with Crippen molar-refractivity contribution in [2.75, 3.05) is 23.8 Å². The van der Waals surface area contributed by atoms with Gasteiger partial charge in [0.25, 0.3) is 5.91 Å². The van der Waals surface area contributed by atoms with Crippen molar-refractivity contribution in [3.05, 3.63) is 66.7 Å². The summed E-state index contributed by atoms with van der Waals surface area (Å²) in [6, 6.07) is 20.4. The molecule has 27 heavy (non-hydrogen) atoms. The number of fused-ring (bicyclic) bond motifs is 1. The normalized spacial score (nSPS) is 10.3. The molecule has 0 bridgehead atoms. The van der Waals surface area contributed by atoms with Gasteiger partial charge in [0.05, 0.1) is 6.61 Å². The molecule has 3 aromatic carbocycles. The molecule has 3 aromatic rings. The Hall–Kier alpha value is -3.54. The largest absolute Gasteiger partial charge is 0.484 e. The van der Waals surface area contributed by atoms with Crippen LogP contribution < -0.4 is 15.4 Å². The smallest absolute Gasteiger partial charge is 0.411 e. The highest BCUT2D eigenvalue weighted by molar-refractivity contribution is 5.92. The Bertz CT molecular complexity index is 938. The first kappa shape index (κ1) is 18.3. The van der Waals surface area contributed by atoms with Gasteiger partial charge in [0.15, 0.2) is 6.61 Å². The molecule has 0 aliphatic heterocycles. The van der Waals surface area contributed by atoms with Gasteiger partial charge in [0.2, 0.25) is 0 Å². The van der Waals surface area contributed by atoms with Crippen molar-refractivity contribution in [2.45, 2.75) is 6.92 Å². The second-order valence-electron chi connectivity index (χ2n) is 5.77. The van der Waals surface area contributed by atoms with E-state index in [0.29, 0.717) is 23.7 Å². The summed E-state index contributed by atoms with van der Waals surface area (Å²) in [6.07, 6.45) is -0.516. The first-order valence-electron chi connectivity index (χ1n) is 8.59. The average molecular weight is 364 g/mol. The second-order valence-corrected chi connectivity index (χ2v) is 5.77. The van der Waals surface area contributed by atoms with Crippen LogP contribution in [0.25, 0.3) is 10.8 Å². The van der Waals surface area contributed by atoms with Crippen LogP contribution in [0.5, 0.6) is 5.75 Å². The highest BCUT2D eigenvalue weighted by atomic mass is 16.5. The van der Waals surface area contributed by atoms with Crippen LogP contribution in [-0.4, -0.2) is 25.2 Å². The highest BCUT2D eigenvalue weighted by Gasteiger charge is 2.06. The van der Waals surface area contributed by atoms with E-state index in [4.69, 9.17) is 9.47 Å². The van der Waals surface area contributed by atoms with Crippen LogP contribution in [0.3, 0.4) is 0 Å². The van der Waals surface area contributed by atoms with E-state index in [2.05, 4.69) is 10.6 Å². The Morgan fingerprint density at radius 1 is 0.852 bits per heavy atom. The summed E-state index contributed by atoms with van der Waals surface area (Å²) in [5.41, 5.74) is 1.19. The van der Waals surface area contributed by atoms with Gasteiger partial charge in [0.1, 0.15) is 5.75 Å². The van der Waals surface area contributed by atoms with Gasteiger partial charge in [-0.15, -0.1) is 0 Å². The lowest BCUT2D eigenvalue weighted by atomic mass is 10.1. The monoisotopic (exact) mass is 364 g/mol. The highest BCUT2D eigenvalue weighted by Crippen LogP contribution is 2.20. The molecule has 2 N–H and O–H groups in total. The minimum absolute atomic E-state index is 0.0961. The molecule has 138 valence electrons. The zero-order valence-corrected chi connectivity index (χ0v) is 14.9. The van der Waals surface area contributed by atoms with E-state index in [1.807, 2.05) is 42.5 Å². The van der Waals surface area contributed by atoms with Crippen LogP contribution in [0.2, 0.25) is 0 Å². The number of carbonyl (C=O) groups excluding carboxylic acids is 2. The zero-order chi connectivity index (χ0) is 19.1. The lowest BCUT2D eigenvalue weighted by molar-refractivity contribution is -0.118. The molecule has 0 spiro atoms. The molecule has 6 nitrogen and oxygen atoms in total. The van der Waals surface area contributed by atoms with Gasteiger partial charge in [0, 0.05) is 11.4 Å². The topological polar surface area (TPSA) is 76.7 Å². The Morgan fingerprint density at radius 2 is 1.52 bits per heavy atom. The van der Waals surface area contributed by atoms with E-state index in [-0.39, 0.29) is 12.5 Å². The summed E-state index contributed by atoms with van der Waals surface area (Å²) in [4.78, 5) is 23.4. The minimum atomic E-state index is -0.516. The molecule has 0 saturated carbocycles. The van der Waals surface area contributed by atoms with Crippen LogP contribution in [-0.2, 0) is 9.53 Å². The van der Waals surface area contributed by atoms with Crippen LogP contribution >= 0.6 is 0 Å². The van der Waals surface area contributed by atoms with Crippen LogP contribution in [0.4, 0.5) is 16.2 Å². The van der Waals surface area contributed by atoms with E-state index in [1.165, 1.54) is 0 Å². The Kier molecular flexibility index (Phi) is 5.89. The van der Waals surface area contributed by atoms with Gasteiger partial charge < -0.3 is 14.8 Å². The maximum absolute atomic E-state index is 12.1. The fourth-order valence-electron chi connectivity index (χ4n) is 2.53. The molecular weight excluding hydrogens is 344 g/mol. The van der Waals surface area contributed by atoms with Crippen LogP contribution in [0.15, 0.2) is 66.7 Å². The van der Waals surface area contributed by atoms with E-state index >= 15 is 0 Å². The molecule has 0 atom stereocenters. The van der Waals surface area contributed by atoms with Crippen molar-refractivity contribution >= 4 is 34.1 Å². The van der Waals surface area contributed by atoms with Crippen molar-refractivity contribution in [1.82, 2.24) is 0 Å². The molecule has 6 heteroatoms. The third-order valence-electron chi connectivity index (χ3n) is 3.78. The first-order chi connectivity index (χ1) is 13.1. The van der Waals surface area contributed by atoms with Crippen molar-refractivity contribution in [2.24, 2.45) is 0 Å². The standard InChI is InChI=1S/C21H20N2O4/c1-2-26-21(25)23-18-10-8-17(9-11-18)22-20(24)14-27-19-12-7-15-5-3-4-6-16(15)13-19/h3-13H,2,14H2,1H3,(H,22,24)(H,23,25). The lowest BCUT2D eigenvalue weighted by Gasteiger charge is -2.09. The van der Waals surface area contributed by atoms with Gasteiger partial charge in [-0.2, -0.15) is 0 Å². The van der Waals surface area contributed by atoms with E-state index in [9.17, 15) is 9.59 Å². The number of ether oxygens (including phenoxy) is 2. The summed E-state index contributed by atoms with van der Waals surface area (Å²) in [7, 11) is 0. The number of hydrogen-bond donors (Lipinski definition) is 2. The number of benzene rings is 3. The van der Waals surface area contributed by atoms with Crippen LogP contribution in [0, 0.1) is 0 Å². The summed E-state index contributed by atoms with van der Waals surface area (Å²) in [5.74, 6) is 0.368. The summed E-state index contributed by atoms with van der Waals surface area (Å²) in [5, 5.41) is 7.51. The quantitative estimate of drug-likeness (QED) is 0.678. The van der Waals surface area contributed by atoms with Crippen molar-refractivity contribution in [1.29, 1.82) is 0 Å². The molecule has 2 amide bonds. The molecule has 0 aliphatic rings. The Morgan fingerprint density at radius 3 is 2.22 bits per heavy atom. The predicted octanol–water partition coefficient (Wildman–Crippen LogP) is 4.43. The molecule has 0 saturated heterocycles. The maximum Gasteiger partial charge on any atom is 0.411 e. The third-order valence-corrected chi connectivity index (χ3v) is 3.78. The molecule has 0 aromatic heterocycles. The first-order valence-corrected chi connectivity index (χ1v) is 8.59. The van der Waals surface area contributed by atoms with Gasteiger partial charge in [-0.1, -0.05) is 30.3 Å². The lowest BCUT2D eigenvalue weighted by Crippen LogP contribution is -2.20. The van der Waals surface area contributed by atoms with E-state index in [0.717, 1.165) is 10.8 Å². The fraction of sp³-hybridized carbons (Fsp3) is 0.143. The SMILES string of the molecule is CCOC(=O)Nc1ccc(NC(=O)COc2ccc3ccccc3c2)cc1. The summed E-state index contributed by atoms with van der Waals surface area (Å²) in [6.45, 7) is 1.94. The van der Waals surface area contributed by atoms with Gasteiger partial charge in [-0.05, 0) is 54.1 Å². The molecule has 0 unspecified atom stereocenters. The fourth-order valence-corrected chi connectivity index (χ4v) is 2.53. The van der Waals surface area contributed by atoms with Gasteiger partial charge in [-0.25, -0.2) is 4.79 Å². The number of rotatable bonds is 6. The number of amides is 2. The molecule has 3 rings (SSSR count). The second kappa shape index (κ2) is 8.71. The maximum atomic E-state index is 12.1. The minimum Gasteiger partial charge on any atom is -0.484 e. The van der Waals surface area contributed by atoms with Gasteiger partial charge in [-0.3, -0.25) is 10.1 Å². The number of carbonyl (C=O) groups is 2. The number of anilines is 2. The van der Waals surface area contributed by atoms with Gasteiger partial charge >= 0.3 is 6.09 Å². The Labute approximate surface area is 157 Å². The predicted molar refractivity (Wildman–Crippen MR) is 105 cm³/mol. The van der Waals surface area contributed by atoms with Crippen molar-refractivity contribution in [3.8, 4) is 5.75 Å². The molecule has 0 heterocycles. The summed E-state index contributed by atoms with van der Waals surface area (Å²) < 4.78 is 10.4. The Balaban J connectivity index is 1.51. The third kappa shape index (κ3) is 5.22. The zero-order valence-electron chi connectivity index (χ0n) is 14.9. The van der Waals surface area contributed by atoms with E-state index < -0.39 is 6.09 Å². The molecule has 0 fully saturated rings. The van der Waals surface area contributed by atoms with Crippen molar-refractivity contribution < 1.29 is 19.1 Å². The van der Waals surface area contributed by atoms with E-state index in [1.54, 1.807) is 31.2 Å². The van der Waals surface area contributed by atoms with Crippen molar-refractivity contribution in [3.63, 3.8) is 0 Å². The number of hydrogen-bond acceptors (Lipinski definition) is 4. The summed E-state index contributed by atoms with van der Waals surface area (Å²) >= 11 is 0. The number of nitrogens with one attached hydrogen (secondary N) is 2. The van der Waals surface area contributed by atoms with Crippen LogP contribution in [0.1, 0.15) is 6.92 Å². The molecular formula is C21H20N2O4. The molecule has 0 aliphatic carbocycles. The average Bonchev–Trinajstić information content (AvgIpc) is 2.68. The molecule has 0 radical (unpaired) electrons.